The van der Waals surface area contributed by atoms with Crippen LogP contribution < -0.4 is 21.5 Å². The Balaban J connectivity index is 2.03. The number of aromatic nitrogens is 5. The second-order valence-corrected chi connectivity index (χ2v) is 6.58. The number of rotatable bonds is 4. The highest BCUT2D eigenvalue weighted by Crippen LogP contribution is 2.38. The predicted octanol–water partition coefficient (Wildman–Crippen LogP) is 1.37. The summed E-state index contributed by atoms with van der Waals surface area (Å²) in [4.78, 5) is 37.2. The molecule has 1 atom stereocenters. The topological polar surface area (TPSA) is 143 Å². The Morgan fingerprint density at radius 2 is 1.79 bits per heavy atom. The Kier molecular flexibility index (Phi) is 5.36. The monoisotopic (exact) mass is 425 g/mol. The number of hydrogen-bond acceptors (Lipinski definition) is 7. The van der Waals surface area contributed by atoms with Gasteiger partial charge in [0.2, 0.25) is 5.88 Å². The van der Waals surface area contributed by atoms with Gasteiger partial charge in [-0.3, -0.25) is 14.6 Å². The number of nitrogens with zero attached hydrogens (tertiary/aromatic N) is 3. The third kappa shape index (κ3) is 3.84. The van der Waals surface area contributed by atoms with E-state index < -0.39 is 22.9 Å². The summed E-state index contributed by atoms with van der Waals surface area (Å²) in [6.07, 6.45) is -1.04. The number of benzene rings is 1. The second kappa shape index (κ2) is 7.58. The molecule has 3 N–H and O–H groups in total. The van der Waals surface area contributed by atoms with Crippen molar-refractivity contribution in [3.8, 4) is 22.9 Å². The first-order valence-electron chi connectivity index (χ1n) is 7.80. The van der Waals surface area contributed by atoms with E-state index in [1.54, 1.807) is 0 Å². The largest absolute Gasteiger partial charge is 0.434 e. The zero-order valence-electron chi connectivity index (χ0n) is 14.5. The van der Waals surface area contributed by atoms with Crippen LogP contribution >= 0.6 is 23.2 Å². The Labute approximate surface area is 166 Å². The van der Waals surface area contributed by atoms with E-state index in [0.29, 0.717) is 0 Å². The fourth-order valence-electron chi connectivity index (χ4n) is 2.33. The number of aromatic amines is 2. The molecule has 0 radical (unpaired) electrons. The van der Waals surface area contributed by atoms with Crippen molar-refractivity contribution < 1.29 is 9.84 Å². The lowest BCUT2D eigenvalue weighted by Crippen LogP contribution is -2.31. The standard InChI is InChI=1S/C16H13Cl2N5O5/c1-6(24)8-5-11(20-21-14(8)25)28-13-9(17)3-7(4-10(13)18)12-15(26)19-16(27)23(2)22-12/h3-6,24H,1-2H3,(H,21,25)(H,19,26,27). The van der Waals surface area contributed by atoms with E-state index >= 15 is 0 Å². The molecule has 10 nitrogen and oxygen atoms in total. The molecule has 0 bridgehead atoms. The van der Waals surface area contributed by atoms with E-state index in [9.17, 15) is 19.5 Å². The molecular formula is C16H13Cl2N5O5. The molecule has 1 aromatic carbocycles. The lowest BCUT2D eigenvalue weighted by molar-refractivity contribution is 0.196. The number of aliphatic hydroxyl groups excluding tert-OH is 1. The first-order valence-corrected chi connectivity index (χ1v) is 8.55. The summed E-state index contributed by atoms with van der Waals surface area (Å²) in [6.45, 7) is 1.42. The number of aryl methyl sites for hydroxylation is 1. The summed E-state index contributed by atoms with van der Waals surface area (Å²) in [6, 6.07) is 4.02. The van der Waals surface area contributed by atoms with Gasteiger partial charge in [-0.2, -0.15) is 5.10 Å². The molecule has 28 heavy (non-hydrogen) atoms. The van der Waals surface area contributed by atoms with E-state index in [1.807, 2.05) is 0 Å². The fraction of sp³-hybridized carbons (Fsp3) is 0.188. The van der Waals surface area contributed by atoms with Gasteiger partial charge in [0.15, 0.2) is 11.4 Å². The molecular weight excluding hydrogens is 413 g/mol. The highest BCUT2D eigenvalue weighted by Gasteiger charge is 2.17. The third-order valence-electron chi connectivity index (χ3n) is 3.72. The summed E-state index contributed by atoms with van der Waals surface area (Å²) in [5.41, 5.74) is -1.67. The predicted molar refractivity (Wildman–Crippen MR) is 101 cm³/mol. The smallest absolute Gasteiger partial charge is 0.344 e. The maximum absolute atomic E-state index is 12.0. The van der Waals surface area contributed by atoms with Crippen molar-refractivity contribution in [1.82, 2.24) is 25.0 Å². The van der Waals surface area contributed by atoms with Crippen molar-refractivity contribution in [2.24, 2.45) is 7.05 Å². The Morgan fingerprint density at radius 3 is 2.39 bits per heavy atom. The Bertz CT molecular complexity index is 1210. The van der Waals surface area contributed by atoms with Gasteiger partial charge in [-0.05, 0) is 19.1 Å². The fourth-order valence-corrected chi connectivity index (χ4v) is 2.89. The third-order valence-corrected chi connectivity index (χ3v) is 4.28. The summed E-state index contributed by atoms with van der Waals surface area (Å²) in [5.74, 6) is -0.0328. The zero-order chi connectivity index (χ0) is 20.6. The summed E-state index contributed by atoms with van der Waals surface area (Å²) < 4.78 is 6.49. The van der Waals surface area contributed by atoms with E-state index in [2.05, 4.69) is 20.3 Å². The molecule has 1 unspecified atom stereocenters. The highest BCUT2D eigenvalue weighted by molar-refractivity contribution is 6.37. The lowest BCUT2D eigenvalue weighted by Gasteiger charge is -2.11. The summed E-state index contributed by atoms with van der Waals surface area (Å²) in [5, 5.41) is 19.5. The normalized spacial score (nSPS) is 12.0. The zero-order valence-corrected chi connectivity index (χ0v) is 16.0. The summed E-state index contributed by atoms with van der Waals surface area (Å²) >= 11 is 12.4. The van der Waals surface area contributed by atoms with Crippen molar-refractivity contribution in [3.63, 3.8) is 0 Å². The quantitative estimate of drug-likeness (QED) is 0.572. The number of H-pyrrole nitrogens is 2. The minimum atomic E-state index is -1.04. The molecule has 12 heteroatoms. The highest BCUT2D eigenvalue weighted by atomic mass is 35.5. The van der Waals surface area contributed by atoms with E-state index in [1.165, 1.54) is 32.2 Å². The number of nitrogens with one attached hydrogen (secondary N) is 2. The van der Waals surface area contributed by atoms with Gasteiger partial charge in [-0.15, -0.1) is 5.10 Å². The van der Waals surface area contributed by atoms with Gasteiger partial charge in [0.1, 0.15) is 0 Å². The molecule has 0 spiro atoms. The molecule has 0 aliphatic rings. The van der Waals surface area contributed by atoms with E-state index in [0.717, 1.165) is 4.68 Å². The maximum Gasteiger partial charge on any atom is 0.344 e. The molecule has 3 rings (SSSR count). The van der Waals surface area contributed by atoms with Crippen LogP contribution in [0.2, 0.25) is 10.0 Å². The van der Waals surface area contributed by atoms with Gasteiger partial charge in [0.05, 0.1) is 21.7 Å². The van der Waals surface area contributed by atoms with Crippen LogP contribution in [-0.2, 0) is 7.05 Å². The van der Waals surface area contributed by atoms with E-state index in [4.69, 9.17) is 27.9 Å². The number of aliphatic hydroxyl groups is 1. The second-order valence-electron chi connectivity index (χ2n) is 5.77. The van der Waals surface area contributed by atoms with Crippen LogP contribution in [0.3, 0.4) is 0 Å². The van der Waals surface area contributed by atoms with Crippen LogP contribution in [0.5, 0.6) is 11.6 Å². The van der Waals surface area contributed by atoms with Gasteiger partial charge < -0.3 is 9.84 Å². The van der Waals surface area contributed by atoms with Gasteiger partial charge in [0.25, 0.3) is 11.1 Å². The van der Waals surface area contributed by atoms with E-state index in [-0.39, 0.29) is 38.5 Å². The van der Waals surface area contributed by atoms with Gasteiger partial charge >= 0.3 is 5.69 Å². The molecule has 2 aromatic heterocycles. The van der Waals surface area contributed by atoms with Crippen LogP contribution in [-0.4, -0.2) is 30.1 Å². The van der Waals surface area contributed by atoms with Crippen molar-refractivity contribution in [3.05, 3.63) is 65.0 Å². The Morgan fingerprint density at radius 1 is 1.14 bits per heavy atom. The van der Waals surface area contributed by atoms with Gasteiger partial charge in [0, 0.05) is 18.7 Å². The first kappa shape index (κ1) is 19.8. The van der Waals surface area contributed by atoms with Gasteiger partial charge in [-0.25, -0.2) is 14.6 Å². The Hall–Kier alpha value is -2.95. The molecule has 0 saturated carbocycles. The van der Waals surface area contributed by atoms with Crippen LogP contribution in [0.15, 0.2) is 32.6 Å². The van der Waals surface area contributed by atoms with Crippen LogP contribution in [0.4, 0.5) is 0 Å². The molecule has 3 aromatic rings. The van der Waals surface area contributed by atoms with Crippen molar-refractivity contribution in [2.75, 3.05) is 0 Å². The molecule has 0 fully saturated rings. The molecule has 2 heterocycles. The average Bonchev–Trinajstić information content (AvgIpc) is 2.62. The molecule has 0 saturated heterocycles. The minimum Gasteiger partial charge on any atom is -0.434 e. The van der Waals surface area contributed by atoms with Crippen LogP contribution in [0.1, 0.15) is 18.6 Å². The van der Waals surface area contributed by atoms with Crippen LogP contribution in [0.25, 0.3) is 11.3 Å². The molecule has 146 valence electrons. The summed E-state index contributed by atoms with van der Waals surface area (Å²) in [7, 11) is 1.38. The van der Waals surface area contributed by atoms with Crippen molar-refractivity contribution in [2.45, 2.75) is 13.0 Å². The number of halogens is 2. The number of ether oxygens (including phenoxy) is 1. The van der Waals surface area contributed by atoms with Crippen molar-refractivity contribution >= 4 is 23.2 Å². The molecule has 0 aliphatic heterocycles. The molecule has 0 amide bonds. The van der Waals surface area contributed by atoms with Gasteiger partial charge in [-0.1, -0.05) is 23.2 Å². The first-order chi connectivity index (χ1) is 13.2. The van der Waals surface area contributed by atoms with Crippen molar-refractivity contribution in [1.29, 1.82) is 0 Å². The molecule has 0 aliphatic carbocycles. The maximum atomic E-state index is 12.0. The minimum absolute atomic E-state index is 0.0180. The number of hydrogen-bond donors (Lipinski definition) is 3. The average molecular weight is 426 g/mol. The SMILES string of the molecule is CC(O)c1cc(Oc2c(Cl)cc(-c3nn(C)c(=O)[nH]c3=O)cc2Cl)n[nH]c1=O. The van der Waals surface area contributed by atoms with Crippen LogP contribution in [0, 0.1) is 0 Å². The lowest BCUT2D eigenvalue weighted by atomic mass is 10.1.